The zero-order valence-corrected chi connectivity index (χ0v) is 13.5. The molecular formula is C17H21N3O4. The predicted octanol–water partition coefficient (Wildman–Crippen LogP) is 0.875. The van der Waals surface area contributed by atoms with Gasteiger partial charge in [-0.3, -0.25) is 14.3 Å². The van der Waals surface area contributed by atoms with Crippen molar-refractivity contribution >= 4 is 17.0 Å². The first-order valence-electron chi connectivity index (χ1n) is 8.43. The first kappa shape index (κ1) is 15.4. The van der Waals surface area contributed by atoms with E-state index in [1.54, 1.807) is 10.6 Å². The molecule has 0 bridgehead atoms. The van der Waals surface area contributed by atoms with E-state index in [4.69, 9.17) is 9.15 Å². The van der Waals surface area contributed by atoms with Gasteiger partial charge in [-0.05, 0) is 25.0 Å². The molecule has 0 aliphatic carbocycles. The molecule has 0 radical (unpaired) electrons. The van der Waals surface area contributed by atoms with Crippen molar-refractivity contribution in [2.24, 2.45) is 0 Å². The molecule has 3 heterocycles. The Hall–Kier alpha value is -2.12. The molecule has 1 atom stereocenters. The molecule has 0 N–H and O–H groups in total. The first-order chi connectivity index (χ1) is 11.7. The number of benzene rings is 1. The van der Waals surface area contributed by atoms with Crippen molar-refractivity contribution in [1.82, 2.24) is 14.4 Å². The van der Waals surface area contributed by atoms with Gasteiger partial charge in [0.15, 0.2) is 5.58 Å². The van der Waals surface area contributed by atoms with Gasteiger partial charge < -0.3 is 14.1 Å². The third-order valence-electron chi connectivity index (χ3n) is 4.80. The summed E-state index contributed by atoms with van der Waals surface area (Å²) < 4.78 is 12.4. The van der Waals surface area contributed by atoms with Gasteiger partial charge in [-0.2, -0.15) is 0 Å². The van der Waals surface area contributed by atoms with Gasteiger partial charge in [-0.1, -0.05) is 12.1 Å². The molecule has 2 saturated heterocycles. The molecule has 2 aliphatic rings. The summed E-state index contributed by atoms with van der Waals surface area (Å²) in [7, 11) is 0. The molecule has 1 aromatic carbocycles. The van der Waals surface area contributed by atoms with Gasteiger partial charge in [0, 0.05) is 32.8 Å². The number of hydrogen-bond acceptors (Lipinski definition) is 5. The Morgan fingerprint density at radius 1 is 1.17 bits per heavy atom. The number of rotatable bonds is 3. The maximum atomic E-state index is 12.4. The lowest BCUT2D eigenvalue weighted by Gasteiger charge is -2.35. The van der Waals surface area contributed by atoms with Crippen LogP contribution >= 0.6 is 0 Å². The molecule has 0 spiro atoms. The van der Waals surface area contributed by atoms with Crippen molar-refractivity contribution in [3.63, 3.8) is 0 Å². The summed E-state index contributed by atoms with van der Waals surface area (Å²) in [4.78, 5) is 28.5. The van der Waals surface area contributed by atoms with E-state index in [0.717, 1.165) is 31.4 Å². The first-order valence-corrected chi connectivity index (χ1v) is 8.43. The van der Waals surface area contributed by atoms with Crippen molar-refractivity contribution < 1.29 is 13.9 Å². The van der Waals surface area contributed by atoms with E-state index in [-0.39, 0.29) is 17.8 Å². The molecule has 24 heavy (non-hydrogen) atoms. The molecule has 2 aliphatic heterocycles. The highest BCUT2D eigenvalue weighted by Crippen LogP contribution is 2.17. The minimum absolute atomic E-state index is 0.109. The Bertz CT molecular complexity index is 782. The number of piperazine rings is 1. The number of amides is 1. The summed E-state index contributed by atoms with van der Waals surface area (Å²) in [6, 6.07) is 7.43. The second kappa shape index (κ2) is 6.41. The van der Waals surface area contributed by atoms with Crippen molar-refractivity contribution in [3.8, 4) is 0 Å². The fraction of sp³-hybridized carbons (Fsp3) is 0.529. The van der Waals surface area contributed by atoms with Crippen molar-refractivity contribution in [2.45, 2.75) is 25.6 Å². The van der Waals surface area contributed by atoms with E-state index < -0.39 is 0 Å². The van der Waals surface area contributed by atoms with E-state index >= 15 is 0 Å². The van der Waals surface area contributed by atoms with Crippen LogP contribution < -0.4 is 5.76 Å². The normalized spacial score (nSPS) is 22.3. The highest BCUT2D eigenvalue weighted by Gasteiger charge is 2.30. The number of carbonyl (C=O) groups excluding carboxylic acids is 1. The van der Waals surface area contributed by atoms with Gasteiger partial charge in [-0.25, -0.2) is 4.79 Å². The fourth-order valence-corrected chi connectivity index (χ4v) is 3.43. The van der Waals surface area contributed by atoms with Gasteiger partial charge in [0.1, 0.15) is 6.10 Å². The molecule has 4 rings (SSSR count). The quantitative estimate of drug-likeness (QED) is 0.835. The lowest BCUT2D eigenvalue weighted by Crippen LogP contribution is -2.51. The third-order valence-corrected chi connectivity index (χ3v) is 4.80. The highest BCUT2D eigenvalue weighted by molar-refractivity contribution is 5.81. The number of ether oxygens (including phenoxy) is 1. The molecule has 1 aromatic heterocycles. The Morgan fingerprint density at radius 2 is 1.96 bits per heavy atom. The van der Waals surface area contributed by atoms with Crippen LogP contribution in [-0.4, -0.2) is 59.2 Å². The van der Waals surface area contributed by atoms with E-state index in [0.29, 0.717) is 31.9 Å². The molecule has 1 unspecified atom stereocenters. The van der Waals surface area contributed by atoms with E-state index in [1.807, 2.05) is 23.1 Å². The van der Waals surface area contributed by atoms with Gasteiger partial charge in [-0.15, -0.1) is 0 Å². The Labute approximate surface area is 139 Å². The van der Waals surface area contributed by atoms with Crippen LogP contribution in [0.5, 0.6) is 0 Å². The van der Waals surface area contributed by atoms with E-state index in [2.05, 4.69) is 4.90 Å². The maximum absolute atomic E-state index is 12.4. The number of carbonyl (C=O) groups is 1. The van der Waals surface area contributed by atoms with Crippen molar-refractivity contribution in [1.29, 1.82) is 0 Å². The topological polar surface area (TPSA) is 67.9 Å². The van der Waals surface area contributed by atoms with Crippen LogP contribution in [0.2, 0.25) is 0 Å². The zero-order valence-electron chi connectivity index (χ0n) is 13.5. The second-order valence-electron chi connectivity index (χ2n) is 6.35. The van der Waals surface area contributed by atoms with E-state index in [1.165, 1.54) is 0 Å². The van der Waals surface area contributed by atoms with Crippen molar-refractivity contribution in [3.05, 3.63) is 34.8 Å². The minimum atomic E-state index is -0.339. The summed E-state index contributed by atoms with van der Waals surface area (Å²) in [6.07, 6.45) is 1.54. The Kier molecular flexibility index (Phi) is 4.12. The van der Waals surface area contributed by atoms with E-state index in [9.17, 15) is 9.59 Å². The van der Waals surface area contributed by atoms with Crippen LogP contribution in [0.3, 0.4) is 0 Å². The molecule has 2 fully saturated rings. The number of oxazole rings is 1. The molecule has 7 nitrogen and oxygen atoms in total. The smallest absolute Gasteiger partial charge is 0.408 e. The van der Waals surface area contributed by atoms with Crippen molar-refractivity contribution in [2.75, 3.05) is 32.8 Å². The molecule has 0 saturated carbocycles. The predicted molar refractivity (Wildman–Crippen MR) is 87.6 cm³/mol. The van der Waals surface area contributed by atoms with Gasteiger partial charge in [0.2, 0.25) is 0 Å². The lowest BCUT2D eigenvalue weighted by atomic mass is 10.2. The van der Waals surface area contributed by atoms with Gasteiger partial charge in [0.05, 0.1) is 12.2 Å². The molecule has 1 amide bonds. The number of nitrogens with zero attached hydrogens (tertiary/aromatic N) is 3. The lowest BCUT2D eigenvalue weighted by molar-refractivity contribution is -0.142. The summed E-state index contributed by atoms with van der Waals surface area (Å²) in [5.74, 6) is -0.230. The van der Waals surface area contributed by atoms with Crippen LogP contribution in [-0.2, 0) is 16.2 Å². The molecule has 128 valence electrons. The standard InChI is InChI=1S/C17H21N3O4/c21-16(15-6-3-11-23-15)19-9-7-18(8-10-19)12-20-13-4-1-2-5-14(13)24-17(20)22/h1-2,4-5,15H,3,6-12H2. The fourth-order valence-electron chi connectivity index (χ4n) is 3.43. The average molecular weight is 331 g/mol. The number of hydrogen-bond donors (Lipinski definition) is 0. The minimum Gasteiger partial charge on any atom is -0.408 e. The summed E-state index contributed by atoms with van der Waals surface area (Å²) in [5, 5.41) is 0. The summed E-state index contributed by atoms with van der Waals surface area (Å²) in [6.45, 7) is 3.99. The third kappa shape index (κ3) is 2.85. The largest absolute Gasteiger partial charge is 0.421 e. The second-order valence-corrected chi connectivity index (χ2v) is 6.35. The van der Waals surface area contributed by atoms with Crippen LogP contribution in [0.1, 0.15) is 12.8 Å². The molecule has 2 aromatic rings. The number of para-hydroxylation sites is 2. The SMILES string of the molecule is O=C(C1CCCO1)N1CCN(Cn2c(=O)oc3ccccc32)CC1. The van der Waals surface area contributed by atoms with Gasteiger partial charge >= 0.3 is 5.76 Å². The number of fused-ring (bicyclic) bond motifs is 1. The number of aromatic nitrogens is 1. The van der Waals surface area contributed by atoms with Crippen LogP contribution in [0.25, 0.3) is 11.1 Å². The molecular weight excluding hydrogens is 310 g/mol. The Balaban J connectivity index is 1.40. The Morgan fingerprint density at radius 3 is 2.71 bits per heavy atom. The van der Waals surface area contributed by atoms with Gasteiger partial charge in [0.25, 0.3) is 5.91 Å². The van der Waals surface area contributed by atoms with Crippen LogP contribution in [0.4, 0.5) is 0 Å². The monoisotopic (exact) mass is 331 g/mol. The summed E-state index contributed by atoms with van der Waals surface area (Å²) in [5.41, 5.74) is 1.41. The highest BCUT2D eigenvalue weighted by atomic mass is 16.5. The summed E-state index contributed by atoms with van der Waals surface area (Å²) >= 11 is 0. The van der Waals surface area contributed by atoms with Crippen LogP contribution in [0, 0.1) is 0 Å². The maximum Gasteiger partial charge on any atom is 0.421 e. The zero-order chi connectivity index (χ0) is 16.5. The van der Waals surface area contributed by atoms with Crippen LogP contribution in [0.15, 0.2) is 33.5 Å². The average Bonchev–Trinajstić information content (AvgIpc) is 3.24. The molecule has 7 heteroatoms.